The molecule has 6 nitrogen and oxygen atoms in total. The first-order valence-corrected chi connectivity index (χ1v) is 8.18. The maximum Gasteiger partial charge on any atom is 0.269 e. The summed E-state index contributed by atoms with van der Waals surface area (Å²) in [6.45, 7) is 8.57. The van der Waals surface area contributed by atoms with Crippen molar-refractivity contribution >= 4 is 11.4 Å². The summed E-state index contributed by atoms with van der Waals surface area (Å²) in [5.41, 5.74) is 1.05. The summed E-state index contributed by atoms with van der Waals surface area (Å²) in [4.78, 5) is 12.6. The van der Waals surface area contributed by atoms with E-state index >= 15 is 0 Å². The number of hydrogen-bond acceptors (Lipinski definition) is 5. The van der Waals surface area contributed by atoms with Gasteiger partial charge in [0.05, 0.1) is 11.0 Å². The van der Waals surface area contributed by atoms with Crippen molar-refractivity contribution in [2.45, 2.75) is 45.8 Å². The van der Waals surface area contributed by atoms with Gasteiger partial charge >= 0.3 is 0 Å². The van der Waals surface area contributed by atoms with Gasteiger partial charge in [-0.2, -0.15) is 0 Å². The molecule has 0 amide bonds. The molecule has 6 heteroatoms. The quantitative estimate of drug-likeness (QED) is 0.644. The Kier molecular flexibility index (Phi) is 5.59. The lowest BCUT2D eigenvalue weighted by molar-refractivity contribution is -0.384. The molecule has 0 radical (unpaired) electrons. The number of nitrogens with zero attached hydrogens (tertiary/aromatic N) is 2. The lowest BCUT2D eigenvalue weighted by Crippen LogP contribution is -2.46. The van der Waals surface area contributed by atoms with E-state index in [1.807, 2.05) is 32.9 Å². The van der Waals surface area contributed by atoms with E-state index in [4.69, 9.17) is 0 Å². The molecule has 23 heavy (non-hydrogen) atoms. The van der Waals surface area contributed by atoms with Crippen LogP contribution < -0.4 is 10.2 Å². The molecule has 1 saturated heterocycles. The summed E-state index contributed by atoms with van der Waals surface area (Å²) in [7, 11) is 0. The van der Waals surface area contributed by atoms with Crippen LogP contribution in [0.3, 0.4) is 0 Å². The van der Waals surface area contributed by atoms with Crippen LogP contribution >= 0.6 is 0 Å². The maximum absolute atomic E-state index is 10.7. The van der Waals surface area contributed by atoms with Crippen LogP contribution in [0.1, 0.15) is 33.6 Å². The lowest BCUT2D eigenvalue weighted by Gasteiger charge is -2.35. The van der Waals surface area contributed by atoms with Gasteiger partial charge in [-0.05, 0) is 30.4 Å². The van der Waals surface area contributed by atoms with Crippen molar-refractivity contribution in [3.8, 4) is 0 Å². The first kappa shape index (κ1) is 17.7. The Bertz CT molecular complexity index is 517. The molecule has 0 spiro atoms. The van der Waals surface area contributed by atoms with E-state index in [1.54, 1.807) is 12.1 Å². The molecule has 2 rings (SSSR count). The van der Waals surface area contributed by atoms with Gasteiger partial charge in [0.2, 0.25) is 0 Å². The predicted molar refractivity (Wildman–Crippen MR) is 91.8 cm³/mol. The van der Waals surface area contributed by atoms with Gasteiger partial charge in [-0.3, -0.25) is 10.1 Å². The highest BCUT2D eigenvalue weighted by atomic mass is 16.6. The van der Waals surface area contributed by atoms with E-state index in [0.29, 0.717) is 12.6 Å². The van der Waals surface area contributed by atoms with Crippen LogP contribution in [-0.4, -0.2) is 41.8 Å². The van der Waals surface area contributed by atoms with E-state index in [0.717, 1.165) is 31.6 Å². The van der Waals surface area contributed by atoms with Crippen LogP contribution in [0.2, 0.25) is 0 Å². The van der Waals surface area contributed by atoms with Crippen LogP contribution in [0, 0.1) is 15.5 Å². The Hall–Kier alpha value is -1.66. The third kappa shape index (κ3) is 4.91. The smallest absolute Gasteiger partial charge is 0.269 e. The summed E-state index contributed by atoms with van der Waals surface area (Å²) in [5, 5.41) is 24.2. The predicted octanol–water partition coefficient (Wildman–Crippen LogP) is 2.56. The highest BCUT2D eigenvalue weighted by Crippen LogP contribution is 2.23. The van der Waals surface area contributed by atoms with Crippen LogP contribution in [0.5, 0.6) is 0 Å². The number of nitro benzene ring substituents is 1. The van der Waals surface area contributed by atoms with Crippen LogP contribution in [0.15, 0.2) is 24.3 Å². The molecule has 1 aliphatic heterocycles. The number of benzene rings is 1. The van der Waals surface area contributed by atoms with E-state index in [-0.39, 0.29) is 22.1 Å². The minimum atomic E-state index is -0.375. The number of anilines is 1. The third-order valence-corrected chi connectivity index (χ3v) is 4.52. The number of aliphatic hydroxyl groups excluding tert-OH is 1. The van der Waals surface area contributed by atoms with Crippen molar-refractivity contribution in [2.75, 3.05) is 24.5 Å². The van der Waals surface area contributed by atoms with Gasteiger partial charge in [-0.25, -0.2) is 0 Å². The topological polar surface area (TPSA) is 78.6 Å². The summed E-state index contributed by atoms with van der Waals surface area (Å²) in [5.74, 6) is 0. The summed E-state index contributed by atoms with van der Waals surface area (Å²) >= 11 is 0. The number of hydrogen-bond donors (Lipinski definition) is 2. The van der Waals surface area contributed by atoms with Gasteiger partial charge in [0.1, 0.15) is 0 Å². The third-order valence-electron chi connectivity index (χ3n) is 4.52. The zero-order chi connectivity index (χ0) is 17.0. The van der Waals surface area contributed by atoms with Crippen LogP contribution in [0.4, 0.5) is 11.4 Å². The van der Waals surface area contributed by atoms with Gasteiger partial charge in [0.25, 0.3) is 5.69 Å². The fourth-order valence-electron chi connectivity index (χ4n) is 2.71. The number of nitrogens with one attached hydrogen (secondary N) is 1. The minimum Gasteiger partial charge on any atom is -0.391 e. The fourth-order valence-corrected chi connectivity index (χ4v) is 2.71. The van der Waals surface area contributed by atoms with Gasteiger partial charge in [0, 0.05) is 43.5 Å². The average Bonchev–Trinajstić information content (AvgIpc) is 2.52. The molecule has 0 saturated carbocycles. The lowest BCUT2D eigenvalue weighted by atomic mass is 9.89. The largest absolute Gasteiger partial charge is 0.391 e. The van der Waals surface area contributed by atoms with Crippen molar-refractivity contribution < 1.29 is 10.0 Å². The molecule has 1 aromatic carbocycles. The molecule has 0 bridgehead atoms. The Balaban J connectivity index is 1.80. The number of aliphatic hydroxyl groups is 1. The molecule has 1 aliphatic rings. The number of rotatable bonds is 5. The van der Waals surface area contributed by atoms with E-state index in [2.05, 4.69) is 10.2 Å². The fraction of sp³-hybridized carbons (Fsp3) is 0.647. The second kappa shape index (κ2) is 7.27. The molecular weight excluding hydrogens is 294 g/mol. The highest BCUT2D eigenvalue weighted by Gasteiger charge is 2.24. The summed E-state index contributed by atoms with van der Waals surface area (Å²) < 4.78 is 0. The molecule has 1 heterocycles. The molecule has 0 aromatic heterocycles. The number of nitro groups is 1. The normalized spacial score (nSPS) is 18.0. The minimum absolute atomic E-state index is 0.105. The molecule has 128 valence electrons. The molecule has 1 unspecified atom stereocenters. The first-order chi connectivity index (χ1) is 10.8. The summed E-state index contributed by atoms with van der Waals surface area (Å²) in [6, 6.07) is 7.16. The SMILES string of the molecule is CC(C)(C)C(O)CNC1CCN(c2ccc([N+](=O)[O-])cc2)CC1. The zero-order valence-electron chi connectivity index (χ0n) is 14.2. The average molecular weight is 321 g/mol. The Morgan fingerprint density at radius 2 is 1.87 bits per heavy atom. The van der Waals surface area contributed by atoms with Crippen molar-refractivity contribution in [2.24, 2.45) is 5.41 Å². The first-order valence-electron chi connectivity index (χ1n) is 8.18. The molecule has 1 aromatic rings. The Labute approximate surface area is 137 Å². The van der Waals surface area contributed by atoms with Gasteiger partial charge in [0.15, 0.2) is 0 Å². The Morgan fingerprint density at radius 1 is 1.30 bits per heavy atom. The second-order valence-corrected chi connectivity index (χ2v) is 7.32. The highest BCUT2D eigenvalue weighted by molar-refractivity contribution is 5.51. The number of non-ortho nitro benzene ring substituents is 1. The van der Waals surface area contributed by atoms with Crippen molar-refractivity contribution in [1.82, 2.24) is 5.32 Å². The maximum atomic E-state index is 10.7. The van der Waals surface area contributed by atoms with Crippen molar-refractivity contribution in [3.63, 3.8) is 0 Å². The zero-order valence-corrected chi connectivity index (χ0v) is 14.2. The molecule has 1 fully saturated rings. The van der Waals surface area contributed by atoms with Crippen molar-refractivity contribution in [1.29, 1.82) is 0 Å². The second-order valence-electron chi connectivity index (χ2n) is 7.32. The monoisotopic (exact) mass is 321 g/mol. The molecular formula is C17H27N3O3. The standard InChI is InChI=1S/C17H27N3O3/c1-17(2,3)16(21)12-18-13-8-10-19(11-9-13)14-4-6-15(7-5-14)20(22)23/h4-7,13,16,18,21H,8-12H2,1-3H3. The van der Waals surface area contributed by atoms with Crippen molar-refractivity contribution in [3.05, 3.63) is 34.4 Å². The van der Waals surface area contributed by atoms with E-state index in [9.17, 15) is 15.2 Å². The molecule has 2 N–H and O–H groups in total. The molecule has 0 aliphatic carbocycles. The van der Waals surface area contributed by atoms with Gasteiger partial charge in [-0.1, -0.05) is 20.8 Å². The number of piperidine rings is 1. The Morgan fingerprint density at radius 3 is 2.35 bits per heavy atom. The summed E-state index contributed by atoms with van der Waals surface area (Å²) in [6.07, 6.45) is 1.66. The van der Waals surface area contributed by atoms with Gasteiger partial charge in [-0.15, -0.1) is 0 Å². The van der Waals surface area contributed by atoms with Crippen LogP contribution in [0.25, 0.3) is 0 Å². The van der Waals surface area contributed by atoms with E-state index in [1.165, 1.54) is 0 Å². The van der Waals surface area contributed by atoms with Crippen LogP contribution in [-0.2, 0) is 0 Å². The van der Waals surface area contributed by atoms with Gasteiger partial charge < -0.3 is 15.3 Å². The van der Waals surface area contributed by atoms with E-state index < -0.39 is 0 Å². The molecule has 1 atom stereocenters.